The first-order valence-corrected chi connectivity index (χ1v) is 12.1. The molecular formula is C24H33N3O4S. The maximum Gasteiger partial charge on any atom is 0.240 e. The van der Waals surface area contributed by atoms with E-state index in [4.69, 9.17) is 0 Å². The highest BCUT2D eigenvalue weighted by atomic mass is 32.2. The van der Waals surface area contributed by atoms with Gasteiger partial charge in [-0.3, -0.25) is 9.59 Å². The van der Waals surface area contributed by atoms with Crippen LogP contribution >= 0.6 is 0 Å². The molecule has 7 nitrogen and oxygen atoms in total. The second-order valence-corrected chi connectivity index (χ2v) is 11.0. The zero-order valence-electron chi connectivity index (χ0n) is 19.4. The van der Waals surface area contributed by atoms with Crippen molar-refractivity contribution in [1.82, 2.24) is 4.72 Å². The molecular weight excluding hydrogens is 426 g/mol. The highest BCUT2D eigenvalue weighted by molar-refractivity contribution is 7.89. The fourth-order valence-electron chi connectivity index (χ4n) is 2.96. The van der Waals surface area contributed by atoms with Crippen molar-refractivity contribution in [2.24, 2.45) is 5.92 Å². The van der Waals surface area contributed by atoms with E-state index in [0.717, 1.165) is 5.56 Å². The van der Waals surface area contributed by atoms with Crippen LogP contribution in [0.5, 0.6) is 0 Å². The minimum Gasteiger partial charge on any atom is -0.326 e. The average molecular weight is 460 g/mol. The third-order valence-electron chi connectivity index (χ3n) is 4.72. The van der Waals surface area contributed by atoms with Crippen molar-refractivity contribution >= 4 is 33.2 Å². The molecule has 32 heavy (non-hydrogen) atoms. The quantitative estimate of drug-likeness (QED) is 0.521. The van der Waals surface area contributed by atoms with E-state index in [9.17, 15) is 18.0 Å². The van der Waals surface area contributed by atoms with Crippen LogP contribution in [0.25, 0.3) is 0 Å². The number of carbonyl (C=O) groups is 2. The van der Waals surface area contributed by atoms with E-state index in [1.54, 1.807) is 48.5 Å². The Morgan fingerprint density at radius 2 is 1.34 bits per heavy atom. The molecule has 2 rings (SSSR count). The van der Waals surface area contributed by atoms with Gasteiger partial charge in [0.1, 0.15) is 0 Å². The van der Waals surface area contributed by atoms with Crippen LogP contribution in [0.4, 0.5) is 11.4 Å². The summed E-state index contributed by atoms with van der Waals surface area (Å²) >= 11 is 0. The molecule has 0 heterocycles. The fourth-order valence-corrected chi connectivity index (χ4v) is 3.99. The van der Waals surface area contributed by atoms with Gasteiger partial charge in [0.05, 0.1) is 4.90 Å². The van der Waals surface area contributed by atoms with E-state index in [1.807, 2.05) is 13.8 Å². The number of benzene rings is 2. The number of carbonyl (C=O) groups excluding carboxylic acids is 2. The van der Waals surface area contributed by atoms with Crippen LogP contribution in [0.3, 0.4) is 0 Å². The number of sulfonamides is 1. The Labute approximate surface area is 191 Å². The molecule has 0 atom stereocenters. The molecule has 0 spiro atoms. The normalized spacial score (nSPS) is 11.9. The largest absolute Gasteiger partial charge is 0.326 e. The Morgan fingerprint density at radius 3 is 1.81 bits per heavy atom. The van der Waals surface area contributed by atoms with Crippen LogP contribution in [-0.4, -0.2) is 26.8 Å². The number of nitrogens with one attached hydrogen (secondary N) is 3. The lowest BCUT2D eigenvalue weighted by Crippen LogP contribution is -2.28. The zero-order chi connectivity index (χ0) is 23.9. The Kier molecular flexibility index (Phi) is 8.58. The van der Waals surface area contributed by atoms with Crippen molar-refractivity contribution in [3.63, 3.8) is 0 Å². The number of amides is 2. The molecule has 8 heteroatoms. The number of rotatable bonds is 9. The van der Waals surface area contributed by atoms with Gasteiger partial charge in [0.25, 0.3) is 0 Å². The van der Waals surface area contributed by atoms with Gasteiger partial charge in [0.2, 0.25) is 21.8 Å². The number of hydrogen-bond acceptors (Lipinski definition) is 4. The van der Waals surface area contributed by atoms with Crippen LogP contribution < -0.4 is 15.4 Å². The van der Waals surface area contributed by atoms with E-state index >= 15 is 0 Å². The van der Waals surface area contributed by atoms with Crippen LogP contribution in [-0.2, 0) is 25.0 Å². The van der Waals surface area contributed by atoms with Crippen molar-refractivity contribution in [2.45, 2.75) is 57.8 Å². The van der Waals surface area contributed by atoms with E-state index in [2.05, 4.69) is 36.1 Å². The van der Waals surface area contributed by atoms with Gasteiger partial charge in [-0.1, -0.05) is 46.8 Å². The van der Waals surface area contributed by atoms with E-state index in [-0.39, 0.29) is 41.0 Å². The highest BCUT2D eigenvalue weighted by Gasteiger charge is 2.17. The second kappa shape index (κ2) is 10.7. The van der Waals surface area contributed by atoms with Crippen LogP contribution in [0.2, 0.25) is 0 Å². The summed E-state index contributed by atoms with van der Waals surface area (Å²) in [5.41, 5.74) is 2.20. The molecule has 2 amide bonds. The summed E-state index contributed by atoms with van der Waals surface area (Å²) < 4.78 is 27.4. The molecule has 0 fully saturated rings. The predicted octanol–water partition coefficient (Wildman–Crippen LogP) is 4.28. The lowest BCUT2D eigenvalue weighted by Gasteiger charge is -2.19. The van der Waals surface area contributed by atoms with Gasteiger partial charge in [-0.05, 0) is 53.3 Å². The van der Waals surface area contributed by atoms with Gasteiger partial charge in [-0.2, -0.15) is 0 Å². The fraction of sp³-hybridized carbons (Fsp3) is 0.417. The summed E-state index contributed by atoms with van der Waals surface area (Å²) in [5.74, 6) is -0.0988. The summed E-state index contributed by atoms with van der Waals surface area (Å²) in [6.45, 7) is 10.1. The minimum atomic E-state index is -3.69. The smallest absolute Gasteiger partial charge is 0.240 e. The lowest BCUT2D eigenvalue weighted by atomic mass is 9.87. The summed E-state index contributed by atoms with van der Waals surface area (Å²) in [5, 5.41) is 5.52. The molecule has 174 valence electrons. The molecule has 3 N–H and O–H groups in total. The third kappa shape index (κ3) is 8.09. The molecule has 0 aromatic heterocycles. The van der Waals surface area contributed by atoms with Crippen molar-refractivity contribution in [1.29, 1.82) is 0 Å². The molecule has 0 aliphatic carbocycles. The van der Waals surface area contributed by atoms with Crippen LogP contribution in [0.15, 0.2) is 53.4 Å². The maximum absolute atomic E-state index is 12.4. The first kappa shape index (κ1) is 25.5. The highest BCUT2D eigenvalue weighted by Crippen LogP contribution is 2.23. The monoisotopic (exact) mass is 459 g/mol. The molecule has 0 aliphatic rings. The molecule has 0 aliphatic heterocycles. The van der Waals surface area contributed by atoms with Gasteiger partial charge in [-0.25, -0.2) is 13.1 Å². The van der Waals surface area contributed by atoms with Gasteiger partial charge in [0.15, 0.2) is 0 Å². The standard InChI is InChI=1S/C24H33N3O4S/c1-17(2)16-23(29)27-20-10-8-19(9-11-20)26-22(28)14-15-25-32(30,31)21-12-6-18(7-13-21)24(3,4)5/h6-13,17,25H,14-16H2,1-5H3,(H,26,28)(H,27,29). The summed E-state index contributed by atoms with van der Waals surface area (Å²) in [6.07, 6.45) is 0.432. The Balaban J connectivity index is 1.83. The first-order valence-electron chi connectivity index (χ1n) is 10.7. The molecule has 0 saturated heterocycles. The summed E-state index contributed by atoms with van der Waals surface area (Å²) in [4.78, 5) is 24.1. The lowest BCUT2D eigenvalue weighted by molar-refractivity contribution is -0.117. The van der Waals surface area contributed by atoms with Gasteiger partial charge >= 0.3 is 0 Å². The predicted molar refractivity (Wildman–Crippen MR) is 128 cm³/mol. The van der Waals surface area contributed by atoms with Crippen molar-refractivity contribution in [3.8, 4) is 0 Å². The third-order valence-corrected chi connectivity index (χ3v) is 6.20. The Bertz CT molecular complexity index is 1020. The number of anilines is 2. The SMILES string of the molecule is CC(C)CC(=O)Nc1ccc(NC(=O)CCNS(=O)(=O)c2ccc(C(C)(C)C)cc2)cc1. The molecule has 2 aromatic rings. The van der Waals surface area contributed by atoms with Crippen LogP contribution in [0, 0.1) is 5.92 Å². The maximum atomic E-state index is 12.4. The van der Waals surface area contributed by atoms with Gasteiger partial charge in [-0.15, -0.1) is 0 Å². The average Bonchev–Trinajstić information content (AvgIpc) is 2.68. The molecule has 0 saturated carbocycles. The van der Waals surface area contributed by atoms with Gasteiger partial charge < -0.3 is 10.6 Å². The minimum absolute atomic E-state index is 0.00776. The summed E-state index contributed by atoms with van der Waals surface area (Å²) in [7, 11) is -3.69. The molecule has 0 unspecified atom stereocenters. The van der Waals surface area contributed by atoms with E-state index < -0.39 is 10.0 Å². The van der Waals surface area contributed by atoms with Crippen molar-refractivity contribution < 1.29 is 18.0 Å². The van der Waals surface area contributed by atoms with Crippen molar-refractivity contribution in [2.75, 3.05) is 17.2 Å². The number of hydrogen-bond donors (Lipinski definition) is 3. The van der Waals surface area contributed by atoms with Crippen molar-refractivity contribution in [3.05, 3.63) is 54.1 Å². The molecule has 0 bridgehead atoms. The topological polar surface area (TPSA) is 104 Å². The van der Waals surface area contributed by atoms with Gasteiger partial charge in [0, 0.05) is 30.8 Å². The molecule has 2 aromatic carbocycles. The van der Waals surface area contributed by atoms with E-state index in [0.29, 0.717) is 17.8 Å². The Hall–Kier alpha value is -2.71. The van der Waals surface area contributed by atoms with Crippen LogP contribution in [0.1, 0.15) is 53.0 Å². The zero-order valence-corrected chi connectivity index (χ0v) is 20.2. The first-order chi connectivity index (χ1) is 14.9. The molecule has 0 radical (unpaired) electrons. The van der Waals surface area contributed by atoms with E-state index in [1.165, 1.54) is 0 Å². The Morgan fingerprint density at radius 1 is 0.844 bits per heavy atom. The summed E-state index contributed by atoms with van der Waals surface area (Å²) in [6, 6.07) is 13.5. The second-order valence-electron chi connectivity index (χ2n) is 9.19.